The van der Waals surface area contributed by atoms with E-state index < -0.39 is 22.1 Å². The lowest BCUT2D eigenvalue weighted by molar-refractivity contribution is 0.0990. The Morgan fingerprint density at radius 1 is 0.921 bits per heavy atom. The van der Waals surface area contributed by atoms with Crippen LogP contribution in [-0.4, -0.2) is 60.5 Å². The van der Waals surface area contributed by atoms with Crippen molar-refractivity contribution < 1.29 is 32.9 Å². The number of nitrogens with zero attached hydrogens (tertiary/aromatic N) is 2. The van der Waals surface area contributed by atoms with Crippen LogP contribution in [0.3, 0.4) is 0 Å². The number of hydrogen-bond donors (Lipinski definition) is 1. The van der Waals surface area contributed by atoms with Gasteiger partial charge in [0, 0.05) is 6.07 Å². The largest absolute Gasteiger partial charge is 0.493 e. The lowest BCUT2D eigenvalue weighted by Gasteiger charge is -2.41. The van der Waals surface area contributed by atoms with Crippen molar-refractivity contribution in [3.8, 4) is 35.2 Å². The molecule has 3 heterocycles. The summed E-state index contributed by atoms with van der Waals surface area (Å²) in [6, 6.07) is 7.89. The van der Waals surface area contributed by atoms with Gasteiger partial charge >= 0.3 is 6.01 Å². The number of aromatic nitrogens is 2. The predicted molar refractivity (Wildman–Crippen MR) is 150 cm³/mol. The third-order valence-corrected chi connectivity index (χ3v) is 14.7. The summed E-state index contributed by atoms with van der Waals surface area (Å²) in [7, 11) is 2.66. The Kier molecular flexibility index (Phi) is 7.48. The summed E-state index contributed by atoms with van der Waals surface area (Å²) in [6.07, 6.45) is 0. The van der Waals surface area contributed by atoms with Gasteiger partial charge in [-0.3, -0.25) is 4.79 Å². The van der Waals surface area contributed by atoms with Crippen molar-refractivity contribution in [1.29, 1.82) is 0 Å². The monoisotopic (exact) mass is 557 g/mol. The predicted octanol–water partition coefficient (Wildman–Crippen LogP) is 4.30. The van der Waals surface area contributed by atoms with E-state index >= 15 is 0 Å². The standard InChI is InChI=1S/C26H35N3O7Si2/c1-15-21(17(31-2)14-18-22(15)38(8,9)13-12-37(18,6)7)36-19-11-10-16(35-19)23(30)27-20-24(32-3)28-26(34-5)29-25(20)33-4/h10-11,14H,12-13H2,1-9H3,(H,27,30). The highest BCUT2D eigenvalue weighted by Gasteiger charge is 2.42. The molecular formula is C26H35N3O7Si2. The number of furan rings is 1. The molecular weight excluding hydrogens is 522 g/mol. The van der Waals surface area contributed by atoms with Gasteiger partial charge in [0.25, 0.3) is 11.9 Å². The molecule has 0 saturated heterocycles. The lowest BCUT2D eigenvalue weighted by atomic mass is 10.2. The number of ether oxygens (including phenoxy) is 5. The number of rotatable bonds is 8. The topological polar surface area (TPSA) is 114 Å². The van der Waals surface area contributed by atoms with Gasteiger partial charge in [0.1, 0.15) is 0 Å². The van der Waals surface area contributed by atoms with Gasteiger partial charge in [-0.05, 0) is 24.6 Å². The van der Waals surface area contributed by atoms with Gasteiger partial charge < -0.3 is 33.4 Å². The second kappa shape index (κ2) is 10.3. The van der Waals surface area contributed by atoms with E-state index in [-0.39, 0.29) is 35.2 Å². The van der Waals surface area contributed by atoms with Crippen LogP contribution in [0.1, 0.15) is 16.1 Å². The zero-order chi connectivity index (χ0) is 27.8. The van der Waals surface area contributed by atoms with Crippen molar-refractivity contribution in [3.05, 3.63) is 29.5 Å². The Bertz CT molecular complexity index is 1350. The first-order valence-corrected chi connectivity index (χ1v) is 18.7. The molecule has 0 aliphatic carbocycles. The number of carbonyl (C=O) groups is 1. The summed E-state index contributed by atoms with van der Waals surface area (Å²) in [5.74, 6) is 1.09. The average Bonchev–Trinajstić information content (AvgIpc) is 3.36. The number of fused-ring (bicyclic) bond motifs is 1. The number of benzene rings is 1. The number of anilines is 1. The van der Waals surface area contributed by atoms with Crippen molar-refractivity contribution in [2.75, 3.05) is 33.8 Å². The second-order valence-corrected chi connectivity index (χ2v) is 20.1. The fourth-order valence-electron chi connectivity index (χ4n) is 5.01. The van der Waals surface area contributed by atoms with Crippen LogP contribution in [0.5, 0.6) is 35.2 Å². The zero-order valence-corrected chi connectivity index (χ0v) is 25.4. The molecule has 12 heteroatoms. The molecule has 10 nitrogen and oxygen atoms in total. The smallest absolute Gasteiger partial charge is 0.322 e. The molecule has 3 aromatic rings. The Labute approximate surface area is 224 Å². The SMILES string of the molecule is COc1nc(OC)c(NC(=O)c2ccc(Oc3c(OC)cc4c(c3C)[Si](C)(C)CC[Si]4(C)C)o2)c(OC)n1. The Morgan fingerprint density at radius 3 is 2.13 bits per heavy atom. The summed E-state index contributed by atoms with van der Waals surface area (Å²) in [5, 5.41) is 5.61. The van der Waals surface area contributed by atoms with Gasteiger partial charge in [-0.25, -0.2) is 0 Å². The molecule has 0 radical (unpaired) electrons. The highest BCUT2D eigenvalue weighted by atomic mass is 28.3. The summed E-state index contributed by atoms with van der Waals surface area (Å²) in [4.78, 5) is 21.2. The molecule has 204 valence electrons. The van der Waals surface area contributed by atoms with Crippen molar-refractivity contribution in [3.63, 3.8) is 0 Å². The number of nitrogens with one attached hydrogen (secondary N) is 1. The van der Waals surface area contributed by atoms with Gasteiger partial charge in [0.15, 0.2) is 22.9 Å². The van der Waals surface area contributed by atoms with E-state index in [1.165, 1.54) is 49.9 Å². The Hall–Kier alpha value is -3.52. The van der Waals surface area contributed by atoms with Crippen LogP contribution in [0, 0.1) is 6.92 Å². The average molecular weight is 558 g/mol. The first kappa shape index (κ1) is 27.5. The number of hydrogen-bond acceptors (Lipinski definition) is 9. The van der Waals surface area contributed by atoms with E-state index in [1.807, 2.05) is 0 Å². The minimum absolute atomic E-state index is 0.0257. The van der Waals surface area contributed by atoms with E-state index in [9.17, 15) is 4.79 Å². The molecule has 1 aromatic carbocycles. The van der Waals surface area contributed by atoms with Crippen LogP contribution < -0.4 is 39.4 Å². The van der Waals surface area contributed by atoms with Gasteiger partial charge in [-0.1, -0.05) is 48.6 Å². The maximum atomic E-state index is 13.0. The Balaban J connectivity index is 1.65. The molecule has 1 aliphatic rings. The van der Waals surface area contributed by atoms with E-state index in [0.29, 0.717) is 11.5 Å². The minimum atomic E-state index is -1.65. The molecule has 0 bridgehead atoms. The molecule has 0 fully saturated rings. The van der Waals surface area contributed by atoms with Crippen LogP contribution in [0.4, 0.5) is 5.69 Å². The highest BCUT2D eigenvalue weighted by molar-refractivity contribution is 7.03. The van der Waals surface area contributed by atoms with Crippen LogP contribution in [0.25, 0.3) is 0 Å². The minimum Gasteiger partial charge on any atom is -0.493 e. The van der Waals surface area contributed by atoms with Crippen LogP contribution in [0.2, 0.25) is 38.3 Å². The fourth-order valence-corrected chi connectivity index (χ4v) is 15.9. The van der Waals surface area contributed by atoms with Crippen molar-refractivity contribution in [2.45, 2.75) is 45.2 Å². The summed E-state index contributed by atoms with van der Waals surface area (Å²) in [6.45, 7) is 11.8. The Morgan fingerprint density at radius 2 is 1.55 bits per heavy atom. The molecule has 1 aliphatic heterocycles. The first-order chi connectivity index (χ1) is 17.9. The molecule has 38 heavy (non-hydrogen) atoms. The quantitative estimate of drug-likeness (QED) is 0.405. The fraction of sp³-hybridized carbons (Fsp3) is 0.423. The van der Waals surface area contributed by atoms with E-state index in [0.717, 1.165) is 5.56 Å². The summed E-state index contributed by atoms with van der Waals surface area (Å²) >= 11 is 0. The molecule has 2 aromatic heterocycles. The summed E-state index contributed by atoms with van der Waals surface area (Å²) < 4.78 is 33.4. The van der Waals surface area contributed by atoms with Gasteiger partial charge in [-0.15, -0.1) is 0 Å². The third-order valence-electron chi connectivity index (χ3n) is 7.12. The van der Waals surface area contributed by atoms with Crippen LogP contribution in [0.15, 0.2) is 22.6 Å². The third kappa shape index (κ3) is 4.97. The lowest BCUT2D eigenvalue weighted by Crippen LogP contribution is -2.64. The molecule has 0 unspecified atom stereocenters. The zero-order valence-electron chi connectivity index (χ0n) is 23.4. The molecule has 0 saturated carbocycles. The number of carbonyl (C=O) groups excluding carboxylic acids is 1. The summed E-state index contributed by atoms with van der Waals surface area (Å²) in [5.41, 5.74) is 1.23. The highest BCUT2D eigenvalue weighted by Crippen LogP contribution is 2.39. The van der Waals surface area contributed by atoms with Gasteiger partial charge in [0.2, 0.25) is 11.8 Å². The first-order valence-electron chi connectivity index (χ1n) is 12.3. The van der Waals surface area contributed by atoms with E-state index in [2.05, 4.69) is 54.5 Å². The van der Waals surface area contributed by atoms with Crippen LogP contribution >= 0.6 is 0 Å². The van der Waals surface area contributed by atoms with Crippen molar-refractivity contribution >= 4 is 38.1 Å². The van der Waals surface area contributed by atoms with E-state index in [1.54, 1.807) is 13.2 Å². The van der Waals surface area contributed by atoms with Crippen LogP contribution in [-0.2, 0) is 0 Å². The van der Waals surface area contributed by atoms with Crippen molar-refractivity contribution in [2.24, 2.45) is 0 Å². The molecule has 4 rings (SSSR count). The van der Waals surface area contributed by atoms with Gasteiger partial charge in [-0.2, -0.15) is 9.97 Å². The maximum absolute atomic E-state index is 13.0. The molecule has 1 amide bonds. The van der Waals surface area contributed by atoms with Crippen molar-refractivity contribution in [1.82, 2.24) is 9.97 Å². The molecule has 0 atom stereocenters. The number of methoxy groups -OCH3 is 4. The molecule has 1 N–H and O–H groups in total. The normalized spacial score (nSPS) is 15.3. The number of amides is 1. The maximum Gasteiger partial charge on any atom is 0.322 e. The van der Waals surface area contributed by atoms with Gasteiger partial charge in [0.05, 0.1) is 44.6 Å². The second-order valence-electron chi connectivity index (χ2n) is 10.5. The van der Waals surface area contributed by atoms with E-state index in [4.69, 9.17) is 28.1 Å². The molecule has 0 spiro atoms.